The van der Waals surface area contributed by atoms with Crippen molar-refractivity contribution in [1.29, 1.82) is 0 Å². The van der Waals surface area contributed by atoms with Gasteiger partial charge >= 0.3 is 0 Å². The van der Waals surface area contributed by atoms with Gasteiger partial charge in [-0.3, -0.25) is 16.7 Å². The number of benzene rings is 2. The normalized spacial score (nSPS) is 14.5. The standard InChI is InChI=1S/2C12H18O8S3/c2*1-21(13,14)19-9-8-12(10-20-22(2,15)16)23(17,18)11-6-4-3-5-7-11/h2*3-7,12H,8-10H2,1-2H3. The lowest BCUT2D eigenvalue weighted by Gasteiger charge is -2.17. The molecule has 2 rings (SSSR count). The van der Waals surface area contributed by atoms with E-state index < -0.39 is 97.1 Å². The monoisotopic (exact) mass is 772 g/mol. The minimum atomic E-state index is -3.91. The average molecular weight is 773 g/mol. The van der Waals surface area contributed by atoms with Crippen molar-refractivity contribution in [3.63, 3.8) is 0 Å². The second-order valence-electron chi connectivity index (χ2n) is 9.57. The Morgan fingerprint density at radius 1 is 0.435 bits per heavy atom. The van der Waals surface area contributed by atoms with Gasteiger partial charge in [0, 0.05) is 0 Å². The lowest BCUT2D eigenvalue weighted by atomic mass is 10.3. The molecule has 0 aromatic heterocycles. The van der Waals surface area contributed by atoms with Crippen LogP contribution in [0.4, 0.5) is 0 Å². The molecule has 0 aliphatic carbocycles. The Kier molecular flexibility index (Phi) is 15.9. The summed E-state index contributed by atoms with van der Waals surface area (Å²) in [5.41, 5.74) is 0. The van der Waals surface area contributed by atoms with Crippen LogP contribution in [-0.2, 0) is 76.9 Å². The van der Waals surface area contributed by atoms with Crippen molar-refractivity contribution >= 4 is 60.1 Å². The van der Waals surface area contributed by atoms with Crippen LogP contribution in [0, 0.1) is 0 Å². The van der Waals surface area contributed by atoms with Crippen LogP contribution in [0.1, 0.15) is 12.8 Å². The quantitative estimate of drug-likeness (QED) is 0.186. The highest BCUT2D eigenvalue weighted by atomic mass is 32.2. The first-order chi connectivity index (χ1) is 20.8. The second-order valence-corrected chi connectivity index (χ2v) is 20.6. The molecule has 0 N–H and O–H groups in total. The SMILES string of the molecule is CS(=O)(=O)OCCC(COS(C)(=O)=O)S(=O)(=O)c1ccccc1.CS(=O)(=O)OCCC(COS(C)(=O)=O)S(=O)(=O)c1ccccc1. The van der Waals surface area contributed by atoms with Crippen LogP contribution in [0.2, 0.25) is 0 Å². The van der Waals surface area contributed by atoms with Crippen LogP contribution in [-0.4, -0.2) is 112 Å². The van der Waals surface area contributed by atoms with Gasteiger partial charge in [0.1, 0.15) is 0 Å². The van der Waals surface area contributed by atoms with Crippen molar-refractivity contribution in [2.75, 3.05) is 51.5 Å². The molecular weight excluding hydrogens is 737 g/mol. The molecule has 22 heteroatoms. The fourth-order valence-corrected chi connectivity index (χ4v) is 8.27. The summed E-state index contributed by atoms with van der Waals surface area (Å²) in [4.78, 5) is -0.0251. The van der Waals surface area contributed by atoms with Crippen LogP contribution >= 0.6 is 0 Å². The van der Waals surface area contributed by atoms with Crippen LogP contribution in [0.25, 0.3) is 0 Å². The smallest absolute Gasteiger partial charge is 0.264 e. The van der Waals surface area contributed by atoms with Gasteiger partial charge < -0.3 is 0 Å². The highest BCUT2D eigenvalue weighted by Gasteiger charge is 2.30. The van der Waals surface area contributed by atoms with Crippen molar-refractivity contribution in [2.45, 2.75) is 33.1 Å². The van der Waals surface area contributed by atoms with E-state index in [0.29, 0.717) is 0 Å². The summed E-state index contributed by atoms with van der Waals surface area (Å²) in [7, 11) is -22.9. The van der Waals surface area contributed by atoms with Crippen molar-refractivity contribution < 1.29 is 67.2 Å². The zero-order valence-electron chi connectivity index (χ0n) is 25.2. The van der Waals surface area contributed by atoms with Gasteiger partial charge in [-0.2, -0.15) is 33.7 Å². The molecule has 2 atom stereocenters. The maximum atomic E-state index is 12.5. The van der Waals surface area contributed by atoms with Gasteiger partial charge in [-0.05, 0) is 37.1 Å². The van der Waals surface area contributed by atoms with Crippen molar-refractivity contribution in [1.82, 2.24) is 0 Å². The molecule has 0 radical (unpaired) electrons. The van der Waals surface area contributed by atoms with Crippen LogP contribution in [0.15, 0.2) is 70.5 Å². The van der Waals surface area contributed by atoms with Gasteiger partial charge in [0.05, 0.1) is 71.7 Å². The highest BCUT2D eigenvalue weighted by Crippen LogP contribution is 2.21. The maximum Gasteiger partial charge on any atom is 0.264 e. The predicted molar refractivity (Wildman–Crippen MR) is 167 cm³/mol. The first-order valence-corrected chi connectivity index (χ1v) is 23.1. The van der Waals surface area contributed by atoms with E-state index in [-0.39, 0.29) is 22.6 Å². The molecule has 0 aliphatic rings. The van der Waals surface area contributed by atoms with Crippen LogP contribution in [0.5, 0.6) is 0 Å². The van der Waals surface area contributed by atoms with Gasteiger partial charge in [0.2, 0.25) is 0 Å². The summed E-state index contributed by atoms with van der Waals surface area (Å²) in [6.45, 7) is -2.04. The van der Waals surface area contributed by atoms with E-state index in [0.717, 1.165) is 25.0 Å². The topological polar surface area (TPSA) is 242 Å². The molecular formula is C24H36O16S6. The minimum absolute atomic E-state index is 0.0125. The summed E-state index contributed by atoms with van der Waals surface area (Å²) in [6.07, 6.45) is 2.79. The molecule has 16 nitrogen and oxygen atoms in total. The fraction of sp³-hybridized carbons (Fsp3) is 0.500. The third kappa shape index (κ3) is 17.2. The third-order valence-corrected chi connectivity index (χ3v) is 12.1. The Morgan fingerprint density at radius 2 is 0.696 bits per heavy atom. The number of hydrogen-bond acceptors (Lipinski definition) is 16. The molecule has 264 valence electrons. The lowest BCUT2D eigenvalue weighted by molar-refractivity contribution is 0.274. The molecule has 2 aromatic rings. The molecule has 0 saturated heterocycles. The van der Waals surface area contributed by atoms with E-state index in [2.05, 4.69) is 16.7 Å². The van der Waals surface area contributed by atoms with E-state index in [9.17, 15) is 50.5 Å². The molecule has 2 unspecified atom stereocenters. The van der Waals surface area contributed by atoms with Crippen molar-refractivity contribution in [3.05, 3.63) is 60.7 Å². The molecule has 0 amide bonds. The molecule has 0 saturated carbocycles. The largest absolute Gasteiger partial charge is 0.270 e. The second kappa shape index (κ2) is 17.4. The van der Waals surface area contributed by atoms with Crippen LogP contribution in [0.3, 0.4) is 0 Å². The summed E-state index contributed by atoms with van der Waals surface area (Å²) in [6, 6.07) is 14.8. The molecule has 0 bridgehead atoms. The van der Waals surface area contributed by atoms with E-state index in [1.165, 1.54) is 48.5 Å². The van der Waals surface area contributed by atoms with Gasteiger partial charge in [-0.15, -0.1) is 0 Å². The molecule has 0 fully saturated rings. The number of hydrogen-bond donors (Lipinski definition) is 0. The summed E-state index contributed by atoms with van der Waals surface area (Å²) < 4.78 is 156. The van der Waals surface area contributed by atoms with E-state index >= 15 is 0 Å². The summed E-state index contributed by atoms with van der Waals surface area (Å²) in [5, 5.41) is -2.53. The van der Waals surface area contributed by atoms with Crippen LogP contribution < -0.4 is 0 Å². The van der Waals surface area contributed by atoms with Crippen molar-refractivity contribution in [3.8, 4) is 0 Å². The Labute approximate surface area is 271 Å². The summed E-state index contributed by atoms with van der Waals surface area (Å²) >= 11 is 0. The third-order valence-electron chi connectivity index (χ3n) is 5.43. The van der Waals surface area contributed by atoms with E-state index in [1.807, 2.05) is 0 Å². The Morgan fingerprint density at radius 3 is 0.935 bits per heavy atom. The van der Waals surface area contributed by atoms with Gasteiger partial charge in [-0.25, -0.2) is 16.8 Å². The minimum Gasteiger partial charge on any atom is -0.270 e. The zero-order chi connectivity index (χ0) is 35.5. The average Bonchev–Trinajstić information content (AvgIpc) is 2.91. The number of sulfone groups is 2. The number of rotatable bonds is 18. The Balaban J connectivity index is 0.000000460. The molecule has 46 heavy (non-hydrogen) atoms. The van der Waals surface area contributed by atoms with E-state index in [1.54, 1.807) is 12.1 Å². The Hall–Kier alpha value is -2.02. The first kappa shape index (κ1) is 42.0. The molecule has 0 heterocycles. The Bertz CT molecular complexity index is 1760. The molecule has 0 spiro atoms. The predicted octanol–water partition coefficient (Wildman–Crippen LogP) is 0.343. The highest BCUT2D eigenvalue weighted by molar-refractivity contribution is 7.92. The summed E-state index contributed by atoms with van der Waals surface area (Å²) in [5.74, 6) is 0. The van der Waals surface area contributed by atoms with Gasteiger partial charge in [-0.1, -0.05) is 36.4 Å². The van der Waals surface area contributed by atoms with Gasteiger partial charge in [0.25, 0.3) is 40.5 Å². The first-order valence-electron chi connectivity index (χ1n) is 12.8. The lowest BCUT2D eigenvalue weighted by Crippen LogP contribution is -2.29. The molecule has 2 aromatic carbocycles. The fourth-order valence-electron chi connectivity index (χ4n) is 3.32. The van der Waals surface area contributed by atoms with E-state index in [4.69, 9.17) is 0 Å². The zero-order valence-corrected chi connectivity index (χ0v) is 30.1. The maximum absolute atomic E-state index is 12.5. The van der Waals surface area contributed by atoms with Crippen molar-refractivity contribution in [2.24, 2.45) is 0 Å². The van der Waals surface area contributed by atoms with Gasteiger partial charge in [0.15, 0.2) is 19.7 Å². The molecule has 0 aliphatic heterocycles.